The molecule has 4 aromatic rings. The van der Waals surface area contributed by atoms with Gasteiger partial charge >= 0.3 is 5.97 Å². The highest BCUT2D eigenvalue weighted by atomic mass is 16.7. The Morgan fingerprint density at radius 1 is 0.848 bits per heavy atom. The Kier molecular flexibility index (Phi) is 5.72. The van der Waals surface area contributed by atoms with Gasteiger partial charge in [-0.2, -0.15) is 0 Å². The first-order chi connectivity index (χ1) is 16.3. The van der Waals surface area contributed by atoms with Crippen LogP contribution in [0.15, 0.2) is 108 Å². The van der Waals surface area contributed by atoms with E-state index in [9.17, 15) is 4.79 Å². The number of carbonyl (C=O) groups excluding carboxylic acids is 1. The Morgan fingerprint density at radius 3 is 2.39 bits per heavy atom. The van der Waals surface area contributed by atoms with Gasteiger partial charge in [0.15, 0.2) is 0 Å². The number of pyridine rings is 2. The Balaban J connectivity index is 1.32. The number of rotatable bonds is 6. The predicted molar refractivity (Wildman–Crippen MR) is 125 cm³/mol. The molecule has 33 heavy (non-hydrogen) atoms. The molecule has 6 nitrogen and oxygen atoms in total. The van der Waals surface area contributed by atoms with Crippen molar-refractivity contribution in [2.24, 2.45) is 5.16 Å². The van der Waals surface area contributed by atoms with Crippen LogP contribution in [0, 0.1) is 0 Å². The molecule has 1 aliphatic rings. The molecular formula is C27H19N3O3. The summed E-state index contributed by atoms with van der Waals surface area (Å²) >= 11 is 0. The summed E-state index contributed by atoms with van der Waals surface area (Å²) in [6.45, 7) is 0.436. The maximum absolute atomic E-state index is 12.3. The standard InChI is InChI=1S/C27H19N3O3/c31-27-24(16-19-6-12-23(13-7-19)32-18-20-4-3-14-28-17-20)26(30-33-27)22-10-8-21(9-11-22)25-5-1-2-15-29-25/h1-17H,18H2/b24-16-. The van der Waals surface area contributed by atoms with Crippen molar-refractivity contribution in [1.82, 2.24) is 9.97 Å². The fourth-order valence-electron chi connectivity index (χ4n) is 3.43. The molecule has 0 amide bonds. The lowest BCUT2D eigenvalue weighted by molar-refractivity contribution is -0.136. The molecule has 2 aromatic heterocycles. The highest BCUT2D eigenvalue weighted by Gasteiger charge is 2.26. The summed E-state index contributed by atoms with van der Waals surface area (Å²) in [4.78, 5) is 25.7. The van der Waals surface area contributed by atoms with E-state index in [0.29, 0.717) is 17.9 Å². The maximum Gasteiger partial charge on any atom is 0.368 e. The Morgan fingerprint density at radius 2 is 1.67 bits per heavy atom. The monoisotopic (exact) mass is 433 g/mol. The lowest BCUT2D eigenvalue weighted by Gasteiger charge is -2.06. The van der Waals surface area contributed by atoms with E-state index in [4.69, 9.17) is 9.57 Å². The molecule has 0 atom stereocenters. The molecule has 0 spiro atoms. The zero-order chi connectivity index (χ0) is 22.5. The van der Waals surface area contributed by atoms with Gasteiger partial charge in [-0.1, -0.05) is 53.7 Å². The van der Waals surface area contributed by atoms with Gasteiger partial charge in [-0.25, -0.2) is 4.79 Å². The molecule has 2 aromatic carbocycles. The van der Waals surface area contributed by atoms with Crippen molar-refractivity contribution in [3.05, 3.63) is 120 Å². The van der Waals surface area contributed by atoms with Gasteiger partial charge in [-0.15, -0.1) is 0 Å². The number of benzene rings is 2. The second kappa shape index (κ2) is 9.28. The molecular weight excluding hydrogens is 414 g/mol. The predicted octanol–water partition coefficient (Wildman–Crippen LogP) is 5.07. The number of carbonyl (C=O) groups is 1. The van der Waals surface area contributed by atoms with E-state index in [2.05, 4.69) is 15.1 Å². The number of aromatic nitrogens is 2. The van der Waals surface area contributed by atoms with Crippen LogP contribution in [0.1, 0.15) is 16.7 Å². The van der Waals surface area contributed by atoms with E-state index >= 15 is 0 Å². The summed E-state index contributed by atoms with van der Waals surface area (Å²) in [5.41, 5.74) is 5.41. The molecule has 0 N–H and O–H groups in total. The Hall–Kier alpha value is -4.58. The minimum absolute atomic E-state index is 0.407. The first-order valence-corrected chi connectivity index (χ1v) is 10.4. The Bertz CT molecular complexity index is 1310. The van der Waals surface area contributed by atoms with E-state index < -0.39 is 5.97 Å². The highest BCUT2D eigenvalue weighted by Crippen LogP contribution is 2.24. The molecule has 0 radical (unpaired) electrons. The molecule has 1 aliphatic heterocycles. The molecule has 0 unspecified atom stereocenters. The first kappa shape index (κ1) is 20.3. The molecule has 0 bridgehead atoms. The molecule has 0 saturated carbocycles. The zero-order valence-corrected chi connectivity index (χ0v) is 17.6. The van der Waals surface area contributed by atoms with Crippen molar-refractivity contribution in [1.29, 1.82) is 0 Å². The SMILES string of the molecule is O=C1ON=C(c2ccc(-c3ccccn3)cc2)/C1=C/c1ccc(OCc2cccnc2)cc1. The molecule has 160 valence electrons. The first-order valence-electron chi connectivity index (χ1n) is 10.4. The zero-order valence-electron chi connectivity index (χ0n) is 17.6. The van der Waals surface area contributed by atoms with Crippen LogP contribution in [-0.4, -0.2) is 21.6 Å². The van der Waals surface area contributed by atoms with Crippen LogP contribution in [0.5, 0.6) is 5.75 Å². The summed E-state index contributed by atoms with van der Waals surface area (Å²) in [6, 6.07) is 24.8. The van der Waals surface area contributed by atoms with Gasteiger partial charge in [0, 0.05) is 35.3 Å². The molecule has 0 saturated heterocycles. The van der Waals surface area contributed by atoms with Gasteiger partial charge in [-0.05, 0) is 42.0 Å². The second-order valence-electron chi connectivity index (χ2n) is 7.39. The fraction of sp³-hybridized carbons (Fsp3) is 0.0370. The van der Waals surface area contributed by atoms with Crippen LogP contribution < -0.4 is 4.74 Å². The second-order valence-corrected chi connectivity index (χ2v) is 7.39. The van der Waals surface area contributed by atoms with E-state index in [1.54, 1.807) is 24.7 Å². The quantitative estimate of drug-likeness (QED) is 0.314. The van der Waals surface area contributed by atoms with Gasteiger partial charge in [0.05, 0.1) is 11.3 Å². The minimum atomic E-state index is -0.476. The number of nitrogens with zero attached hydrogens (tertiary/aromatic N) is 3. The summed E-state index contributed by atoms with van der Waals surface area (Å²) in [7, 11) is 0. The summed E-state index contributed by atoms with van der Waals surface area (Å²) in [6.07, 6.45) is 7.03. The van der Waals surface area contributed by atoms with Crippen LogP contribution in [0.2, 0.25) is 0 Å². The summed E-state index contributed by atoms with van der Waals surface area (Å²) in [5.74, 6) is 0.254. The van der Waals surface area contributed by atoms with Gasteiger partial charge in [0.2, 0.25) is 0 Å². The molecule has 3 heterocycles. The van der Waals surface area contributed by atoms with E-state index in [1.807, 2.05) is 78.9 Å². The van der Waals surface area contributed by atoms with Crippen LogP contribution in [-0.2, 0) is 16.2 Å². The summed E-state index contributed by atoms with van der Waals surface area (Å²) in [5, 5.41) is 4.00. The lowest BCUT2D eigenvalue weighted by Crippen LogP contribution is -2.06. The molecule has 0 aliphatic carbocycles. The van der Waals surface area contributed by atoms with Gasteiger partial charge in [-0.3, -0.25) is 9.97 Å². The minimum Gasteiger partial charge on any atom is -0.489 e. The van der Waals surface area contributed by atoms with Crippen LogP contribution in [0.25, 0.3) is 17.3 Å². The largest absolute Gasteiger partial charge is 0.489 e. The third-order valence-electron chi connectivity index (χ3n) is 5.13. The highest BCUT2D eigenvalue weighted by molar-refractivity contribution is 6.31. The van der Waals surface area contributed by atoms with Crippen LogP contribution in [0.3, 0.4) is 0 Å². The molecule has 0 fully saturated rings. The van der Waals surface area contributed by atoms with Crippen molar-refractivity contribution >= 4 is 17.8 Å². The van der Waals surface area contributed by atoms with Crippen molar-refractivity contribution in [3.63, 3.8) is 0 Å². The average Bonchev–Trinajstić information content (AvgIpc) is 3.24. The smallest absolute Gasteiger partial charge is 0.368 e. The molecule has 6 heteroatoms. The van der Waals surface area contributed by atoms with Crippen molar-refractivity contribution in [2.75, 3.05) is 0 Å². The van der Waals surface area contributed by atoms with Crippen molar-refractivity contribution in [3.8, 4) is 17.0 Å². The van der Waals surface area contributed by atoms with Crippen molar-refractivity contribution < 1.29 is 14.4 Å². The van der Waals surface area contributed by atoms with E-state index in [-0.39, 0.29) is 0 Å². The number of oxime groups is 1. The number of hydrogen-bond donors (Lipinski definition) is 0. The average molecular weight is 433 g/mol. The van der Waals surface area contributed by atoms with Gasteiger partial charge in [0.1, 0.15) is 18.1 Å². The Labute approximate surface area is 190 Å². The van der Waals surface area contributed by atoms with Gasteiger partial charge < -0.3 is 9.57 Å². The normalized spacial score (nSPS) is 14.1. The number of hydrogen-bond acceptors (Lipinski definition) is 6. The third kappa shape index (κ3) is 4.70. The summed E-state index contributed by atoms with van der Waals surface area (Å²) < 4.78 is 5.80. The number of ether oxygens (including phenoxy) is 1. The lowest BCUT2D eigenvalue weighted by atomic mass is 9.99. The topological polar surface area (TPSA) is 73.7 Å². The maximum atomic E-state index is 12.3. The van der Waals surface area contributed by atoms with Crippen molar-refractivity contribution in [2.45, 2.75) is 6.61 Å². The third-order valence-corrected chi connectivity index (χ3v) is 5.13. The van der Waals surface area contributed by atoms with E-state index in [0.717, 1.165) is 33.7 Å². The van der Waals surface area contributed by atoms with Gasteiger partial charge in [0.25, 0.3) is 0 Å². The molecule has 5 rings (SSSR count). The van der Waals surface area contributed by atoms with Crippen LogP contribution >= 0.6 is 0 Å². The fourth-order valence-corrected chi connectivity index (χ4v) is 3.43. The van der Waals surface area contributed by atoms with Crippen LogP contribution in [0.4, 0.5) is 0 Å². The van der Waals surface area contributed by atoms with E-state index in [1.165, 1.54) is 0 Å².